The first-order chi connectivity index (χ1) is 15.5. The fourth-order valence-electron chi connectivity index (χ4n) is 5.10. The van der Waals surface area contributed by atoms with Gasteiger partial charge in [0.2, 0.25) is 0 Å². The number of aryl methyl sites for hydroxylation is 1. The van der Waals surface area contributed by atoms with Crippen LogP contribution in [0.3, 0.4) is 0 Å². The third-order valence-corrected chi connectivity index (χ3v) is 6.61. The molecule has 1 aromatic carbocycles. The van der Waals surface area contributed by atoms with E-state index < -0.39 is 36.6 Å². The number of hydrogen-bond donors (Lipinski definition) is 4. The number of aliphatic hydroxyl groups excluding tert-OH is 3. The van der Waals surface area contributed by atoms with Crippen LogP contribution in [0.15, 0.2) is 24.8 Å². The molecule has 1 unspecified atom stereocenters. The molecule has 1 aliphatic heterocycles. The normalized spacial score (nSPS) is 29.4. The number of imidazole rings is 1. The summed E-state index contributed by atoms with van der Waals surface area (Å²) in [6.07, 6.45) is 0.394. The molecule has 0 spiro atoms. The molecule has 170 valence electrons. The second-order valence-electron chi connectivity index (χ2n) is 8.07. The van der Waals surface area contributed by atoms with Crippen LogP contribution < -0.4 is 15.2 Å². The lowest BCUT2D eigenvalue weighted by Gasteiger charge is -2.39. The molecule has 5 atom stereocenters. The average molecular weight is 443 g/mol. The van der Waals surface area contributed by atoms with Crippen LogP contribution in [0.2, 0.25) is 0 Å². The van der Waals surface area contributed by atoms with Gasteiger partial charge in [-0.25, -0.2) is 15.0 Å². The van der Waals surface area contributed by atoms with Crippen molar-refractivity contribution in [1.29, 1.82) is 0 Å². The lowest BCUT2D eigenvalue weighted by molar-refractivity contribution is -0.162. The molecule has 2 aliphatic rings. The maximum Gasteiger partial charge on any atom is 0.183 e. The molecule has 0 saturated carbocycles. The molecule has 3 heterocycles. The molecular formula is C21H25N5O6. The van der Waals surface area contributed by atoms with Crippen molar-refractivity contribution in [2.75, 3.05) is 26.6 Å². The molecule has 0 bridgehead atoms. The Morgan fingerprint density at radius 2 is 1.94 bits per heavy atom. The van der Waals surface area contributed by atoms with E-state index in [1.807, 2.05) is 12.1 Å². The number of aliphatic hydroxyl groups is 3. The van der Waals surface area contributed by atoms with E-state index in [2.05, 4.69) is 15.0 Å². The Kier molecular flexibility index (Phi) is 4.93. The number of fused-ring (bicyclic) bond motifs is 2. The van der Waals surface area contributed by atoms with Crippen LogP contribution in [0.5, 0.6) is 11.5 Å². The molecular weight excluding hydrogens is 418 g/mol. The molecule has 2 aromatic heterocycles. The van der Waals surface area contributed by atoms with Crippen molar-refractivity contribution in [2.24, 2.45) is 0 Å². The van der Waals surface area contributed by atoms with Crippen LogP contribution in [0.4, 0.5) is 5.82 Å². The summed E-state index contributed by atoms with van der Waals surface area (Å²) in [7, 11) is 3.13. The van der Waals surface area contributed by atoms with E-state index in [0.717, 1.165) is 11.1 Å². The number of ether oxygens (including phenoxy) is 3. The Morgan fingerprint density at radius 3 is 2.62 bits per heavy atom. The summed E-state index contributed by atoms with van der Waals surface area (Å²) >= 11 is 0. The molecule has 32 heavy (non-hydrogen) atoms. The monoisotopic (exact) mass is 443 g/mol. The predicted molar refractivity (Wildman–Crippen MR) is 112 cm³/mol. The molecule has 5 rings (SSSR count). The van der Waals surface area contributed by atoms with E-state index in [1.54, 1.807) is 18.8 Å². The first kappa shape index (κ1) is 20.9. The van der Waals surface area contributed by atoms with Gasteiger partial charge in [0, 0.05) is 5.92 Å². The van der Waals surface area contributed by atoms with Gasteiger partial charge in [0.05, 0.1) is 27.2 Å². The summed E-state index contributed by atoms with van der Waals surface area (Å²) < 4.78 is 18.8. The highest BCUT2D eigenvalue weighted by molar-refractivity contribution is 5.81. The molecule has 1 aliphatic carbocycles. The molecule has 11 heteroatoms. The van der Waals surface area contributed by atoms with Crippen molar-refractivity contribution in [3.63, 3.8) is 0 Å². The fourth-order valence-corrected chi connectivity index (χ4v) is 5.10. The number of aromatic nitrogens is 4. The summed E-state index contributed by atoms with van der Waals surface area (Å²) in [5.41, 5.74) is 7.10. The minimum absolute atomic E-state index is 0.189. The van der Waals surface area contributed by atoms with Gasteiger partial charge in [-0.05, 0) is 36.1 Å². The predicted octanol–water partition coefficient (Wildman–Crippen LogP) is -0.0786. The van der Waals surface area contributed by atoms with Crippen LogP contribution >= 0.6 is 0 Å². The van der Waals surface area contributed by atoms with Crippen molar-refractivity contribution >= 4 is 17.0 Å². The first-order valence-corrected chi connectivity index (χ1v) is 10.3. The van der Waals surface area contributed by atoms with E-state index in [4.69, 9.17) is 19.9 Å². The Labute approximate surface area is 183 Å². The molecule has 5 N–H and O–H groups in total. The largest absolute Gasteiger partial charge is 0.493 e. The lowest BCUT2D eigenvalue weighted by Crippen LogP contribution is -2.49. The van der Waals surface area contributed by atoms with Gasteiger partial charge in [-0.2, -0.15) is 0 Å². The van der Waals surface area contributed by atoms with E-state index in [1.165, 1.54) is 12.7 Å². The number of hydrogen-bond acceptors (Lipinski definition) is 10. The molecule has 1 fully saturated rings. The second-order valence-corrected chi connectivity index (χ2v) is 8.07. The summed E-state index contributed by atoms with van der Waals surface area (Å²) in [6.45, 7) is -0.463. The number of methoxy groups -OCH3 is 2. The SMILES string of the molecule is COc1cc2c(cc1OC)C([C@@]1(n3cnc4c(N)ncnc43)O[C@H](CO)[C@@H](O)[C@H]1O)CC2. The second kappa shape index (κ2) is 7.55. The minimum atomic E-state index is -1.49. The van der Waals surface area contributed by atoms with Crippen molar-refractivity contribution in [3.05, 3.63) is 35.9 Å². The topological polar surface area (TPSA) is 158 Å². The molecule has 3 aromatic rings. The fraction of sp³-hybridized carbons (Fsp3) is 0.476. The van der Waals surface area contributed by atoms with Gasteiger partial charge in [-0.1, -0.05) is 0 Å². The summed E-state index contributed by atoms with van der Waals surface area (Å²) in [5, 5.41) is 31.9. The zero-order valence-corrected chi connectivity index (χ0v) is 17.7. The van der Waals surface area contributed by atoms with E-state index in [-0.39, 0.29) is 5.82 Å². The summed E-state index contributed by atoms with van der Waals surface area (Å²) in [5.74, 6) is 0.929. The van der Waals surface area contributed by atoms with Crippen LogP contribution in [0, 0.1) is 0 Å². The van der Waals surface area contributed by atoms with E-state index in [9.17, 15) is 15.3 Å². The minimum Gasteiger partial charge on any atom is -0.493 e. The Bertz CT molecular complexity index is 1170. The van der Waals surface area contributed by atoms with Crippen LogP contribution in [-0.4, -0.2) is 74.0 Å². The van der Waals surface area contributed by atoms with Gasteiger partial charge in [-0.15, -0.1) is 0 Å². The van der Waals surface area contributed by atoms with Crippen LogP contribution in [0.1, 0.15) is 23.5 Å². The Balaban J connectivity index is 1.75. The zero-order chi connectivity index (χ0) is 22.6. The molecule has 1 saturated heterocycles. The third kappa shape index (κ3) is 2.72. The maximum absolute atomic E-state index is 11.4. The first-order valence-electron chi connectivity index (χ1n) is 10.3. The van der Waals surface area contributed by atoms with Gasteiger partial charge in [0.15, 0.2) is 28.7 Å². The van der Waals surface area contributed by atoms with Gasteiger partial charge in [0.1, 0.15) is 30.2 Å². The van der Waals surface area contributed by atoms with Crippen molar-refractivity contribution in [2.45, 2.75) is 42.8 Å². The molecule has 11 nitrogen and oxygen atoms in total. The van der Waals surface area contributed by atoms with Gasteiger partial charge >= 0.3 is 0 Å². The van der Waals surface area contributed by atoms with Crippen molar-refractivity contribution < 1.29 is 29.5 Å². The summed E-state index contributed by atoms with van der Waals surface area (Å²) in [6, 6.07) is 3.78. The maximum atomic E-state index is 11.4. The Hall–Kier alpha value is -2.99. The van der Waals surface area contributed by atoms with Gasteiger partial charge in [-0.3, -0.25) is 4.57 Å². The lowest BCUT2D eigenvalue weighted by atomic mass is 9.84. The van der Waals surface area contributed by atoms with Crippen LogP contribution in [-0.2, 0) is 16.9 Å². The van der Waals surface area contributed by atoms with E-state index >= 15 is 0 Å². The smallest absolute Gasteiger partial charge is 0.183 e. The van der Waals surface area contributed by atoms with Crippen molar-refractivity contribution in [3.8, 4) is 11.5 Å². The molecule has 0 radical (unpaired) electrons. The number of nitrogens with two attached hydrogens (primary N) is 1. The third-order valence-electron chi connectivity index (χ3n) is 6.61. The number of anilines is 1. The Morgan fingerprint density at radius 1 is 1.19 bits per heavy atom. The highest BCUT2D eigenvalue weighted by Gasteiger charge is 2.61. The number of benzene rings is 1. The zero-order valence-electron chi connectivity index (χ0n) is 17.7. The van der Waals surface area contributed by atoms with Gasteiger partial charge < -0.3 is 35.3 Å². The summed E-state index contributed by atoms with van der Waals surface area (Å²) in [4.78, 5) is 12.6. The quantitative estimate of drug-likeness (QED) is 0.420. The van der Waals surface area contributed by atoms with Gasteiger partial charge in [0.25, 0.3) is 0 Å². The standard InChI is InChI=1S/C21H25N5O6/c1-30-13-5-10-3-4-12(11(10)6-14(13)31-2)21(18(29)17(28)15(7-27)32-21)26-9-25-16-19(22)23-8-24-20(16)26/h5-6,8-9,12,15,17-18,27-29H,3-4,7H2,1-2H3,(H2,22,23,24)/t12?,15-,17-,18-,21-/m1/s1. The van der Waals surface area contributed by atoms with E-state index in [0.29, 0.717) is 35.5 Å². The van der Waals surface area contributed by atoms with Crippen LogP contribution in [0.25, 0.3) is 11.2 Å². The molecule has 0 amide bonds. The highest BCUT2D eigenvalue weighted by Crippen LogP contribution is 2.53. The highest BCUT2D eigenvalue weighted by atomic mass is 16.6. The van der Waals surface area contributed by atoms with Crippen molar-refractivity contribution in [1.82, 2.24) is 19.5 Å². The number of nitrogens with zero attached hydrogens (tertiary/aromatic N) is 4. The average Bonchev–Trinajstić information content (AvgIpc) is 3.49. The number of nitrogen functional groups attached to an aromatic ring is 1. The number of rotatable bonds is 5.